The maximum Gasteiger partial charge on any atom is 0.315 e. The van der Waals surface area contributed by atoms with Crippen LogP contribution in [0.15, 0.2) is 59.5 Å². The van der Waals surface area contributed by atoms with Gasteiger partial charge in [-0.2, -0.15) is 0 Å². The monoisotopic (exact) mass is 371 g/mol. The van der Waals surface area contributed by atoms with E-state index in [2.05, 4.69) is 28.1 Å². The van der Waals surface area contributed by atoms with Crippen molar-refractivity contribution in [1.29, 1.82) is 0 Å². The van der Waals surface area contributed by atoms with Crippen molar-refractivity contribution >= 4 is 29.4 Å². The number of urea groups is 1. The molecule has 0 aliphatic rings. The summed E-state index contributed by atoms with van der Waals surface area (Å²) in [6.45, 7) is 2.56. The predicted octanol–water partition coefficient (Wildman–Crippen LogP) is 3.67. The summed E-state index contributed by atoms with van der Waals surface area (Å²) in [6, 6.07) is 17.5. The van der Waals surface area contributed by atoms with Gasteiger partial charge in [-0.05, 0) is 42.4 Å². The molecular weight excluding hydrogens is 346 g/mol. The number of hydrogen-bond acceptors (Lipinski definition) is 3. The van der Waals surface area contributed by atoms with Gasteiger partial charge in [-0.25, -0.2) is 4.79 Å². The largest absolute Gasteiger partial charge is 0.338 e. The van der Waals surface area contributed by atoms with E-state index in [4.69, 9.17) is 0 Å². The summed E-state index contributed by atoms with van der Waals surface area (Å²) in [5.74, 6) is 0.694. The Bertz CT molecular complexity index is 707. The molecule has 0 aliphatic heterocycles. The fraction of sp³-hybridized carbons (Fsp3) is 0.300. The van der Waals surface area contributed by atoms with Crippen LogP contribution in [0.1, 0.15) is 18.9 Å². The Morgan fingerprint density at radius 2 is 1.69 bits per heavy atom. The average molecular weight is 372 g/mol. The van der Waals surface area contributed by atoms with Gasteiger partial charge in [0.25, 0.3) is 0 Å². The average Bonchev–Trinajstić information content (AvgIpc) is 2.67. The molecule has 138 valence electrons. The van der Waals surface area contributed by atoms with Crippen molar-refractivity contribution in [2.24, 2.45) is 0 Å². The highest BCUT2D eigenvalue weighted by molar-refractivity contribution is 7.99. The van der Waals surface area contributed by atoms with Gasteiger partial charge in [0.15, 0.2) is 0 Å². The number of aryl methyl sites for hydroxylation is 1. The molecule has 0 bridgehead atoms. The first kappa shape index (κ1) is 19.8. The summed E-state index contributed by atoms with van der Waals surface area (Å²) in [4.78, 5) is 24.9. The first-order valence-corrected chi connectivity index (χ1v) is 9.75. The molecule has 3 amide bonds. The number of anilines is 1. The molecule has 0 saturated carbocycles. The van der Waals surface area contributed by atoms with Crippen molar-refractivity contribution in [3.63, 3.8) is 0 Å². The lowest BCUT2D eigenvalue weighted by Crippen LogP contribution is -2.40. The second-order valence-corrected chi connectivity index (χ2v) is 6.85. The third-order valence-electron chi connectivity index (χ3n) is 3.70. The Hall–Kier alpha value is -2.47. The molecule has 0 aromatic heterocycles. The highest BCUT2D eigenvalue weighted by Gasteiger charge is 2.07. The summed E-state index contributed by atoms with van der Waals surface area (Å²) in [7, 11) is 0. The Morgan fingerprint density at radius 1 is 0.962 bits per heavy atom. The molecule has 0 aliphatic carbocycles. The van der Waals surface area contributed by atoms with Crippen LogP contribution >= 0.6 is 11.8 Å². The molecule has 0 unspecified atom stereocenters. The molecule has 0 heterocycles. The summed E-state index contributed by atoms with van der Waals surface area (Å²) in [5, 5.41) is 8.17. The van der Waals surface area contributed by atoms with Gasteiger partial charge in [-0.3, -0.25) is 4.79 Å². The minimum atomic E-state index is -0.325. The van der Waals surface area contributed by atoms with E-state index < -0.39 is 0 Å². The van der Waals surface area contributed by atoms with Gasteiger partial charge >= 0.3 is 6.03 Å². The molecule has 2 aromatic rings. The molecule has 2 aromatic carbocycles. The first-order chi connectivity index (χ1) is 12.7. The lowest BCUT2D eigenvalue weighted by atomic mass is 10.1. The number of benzene rings is 2. The van der Waals surface area contributed by atoms with E-state index in [1.54, 1.807) is 11.8 Å². The van der Waals surface area contributed by atoms with Crippen molar-refractivity contribution in [3.05, 3.63) is 60.2 Å². The fourth-order valence-electron chi connectivity index (χ4n) is 2.35. The van der Waals surface area contributed by atoms with Gasteiger partial charge in [-0.15, -0.1) is 11.8 Å². The van der Waals surface area contributed by atoms with E-state index in [0.29, 0.717) is 6.54 Å². The van der Waals surface area contributed by atoms with Crippen LogP contribution < -0.4 is 16.0 Å². The molecule has 0 radical (unpaired) electrons. The summed E-state index contributed by atoms with van der Waals surface area (Å²) in [5.41, 5.74) is 1.86. The quantitative estimate of drug-likeness (QED) is 0.465. The fourth-order valence-corrected chi connectivity index (χ4v) is 3.22. The van der Waals surface area contributed by atoms with Gasteiger partial charge in [0.05, 0.1) is 6.54 Å². The maximum absolute atomic E-state index is 12.0. The van der Waals surface area contributed by atoms with Crippen molar-refractivity contribution < 1.29 is 9.59 Å². The SMILES string of the molecule is CCc1ccccc1NC(=O)CNC(=O)NCCCSc1ccccc1. The lowest BCUT2D eigenvalue weighted by molar-refractivity contribution is -0.115. The van der Waals surface area contributed by atoms with Crippen molar-refractivity contribution in [3.8, 4) is 0 Å². The number of carbonyl (C=O) groups excluding carboxylic acids is 2. The number of thioether (sulfide) groups is 1. The van der Waals surface area contributed by atoms with E-state index in [1.165, 1.54) is 4.90 Å². The Kier molecular flexibility index (Phi) is 8.55. The summed E-state index contributed by atoms with van der Waals surface area (Å²) < 4.78 is 0. The predicted molar refractivity (Wildman–Crippen MR) is 108 cm³/mol. The Balaban J connectivity index is 1.58. The number of carbonyl (C=O) groups is 2. The zero-order valence-corrected chi connectivity index (χ0v) is 15.8. The van der Waals surface area contributed by atoms with Crippen molar-refractivity contribution in [2.45, 2.75) is 24.7 Å². The number of rotatable bonds is 9. The third-order valence-corrected chi connectivity index (χ3v) is 4.80. The van der Waals surface area contributed by atoms with Gasteiger partial charge in [0.2, 0.25) is 5.91 Å². The lowest BCUT2D eigenvalue weighted by Gasteiger charge is -2.11. The zero-order valence-electron chi connectivity index (χ0n) is 15.0. The minimum absolute atomic E-state index is 0.0529. The molecule has 0 spiro atoms. The van der Waals surface area contributed by atoms with Gasteiger partial charge < -0.3 is 16.0 Å². The molecule has 5 nitrogen and oxygen atoms in total. The number of hydrogen-bond donors (Lipinski definition) is 3. The minimum Gasteiger partial charge on any atom is -0.338 e. The number of nitrogens with one attached hydrogen (secondary N) is 3. The van der Waals surface area contributed by atoms with Gasteiger partial charge in [-0.1, -0.05) is 43.3 Å². The molecular formula is C20H25N3O2S. The van der Waals surface area contributed by atoms with Crippen molar-refractivity contribution in [2.75, 3.05) is 24.2 Å². The molecule has 26 heavy (non-hydrogen) atoms. The van der Waals surface area contributed by atoms with Crippen LogP contribution in [0, 0.1) is 0 Å². The highest BCUT2D eigenvalue weighted by atomic mass is 32.2. The van der Waals surface area contributed by atoms with Crippen LogP contribution in [0.3, 0.4) is 0 Å². The van der Waals surface area contributed by atoms with Crippen LogP contribution in [-0.2, 0) is 11.2 Å². The molecule has 0 atom stereocenters. The number of amides is 3. The standard InChI is InChI=1S/C20H25N3O2S/c1-2-16-9-6-7-12-18(16)23-19(24)15-22-20(25)21-13-8-14-26-17-10-4-3-5-11-17/h3-7,9-12H,2,8,13-15H2,1H3,(H,23,24)(H2,21,22,25). The molecule has 3 N–H and O–H groups in total. The molecule has 0 saturated heterocycles. The first-order valence-electron chi connectivity index (χ1n) is 8.76. The Labute approximate surface area is 159 Å². The van der Waals surface area contributed by atoms with Gasteiger partial charge in [0.1, 0.15) is 0 Å². The maximum atomic E-state index is 12.0. The molecule has 6 heteroatoms. The number of para-hydroxylation sites is 1. The van der Waals surface area contributed by atoms with E-state index in [0.717, 1.165) is 29.8 Å². The summed E-state index contributed by atoms with van der Waals surface area (Å²) >= 11 is 1.76. The topological polar surface area (TPSA) is 70.2 Å². The van der Waals surface area contributed by atoms with E-state index in [1.807, 2.05) is 49.4 Å². The van der Waals surface area contributed by atoms with Gasteiger partial charge in [0, 0.05) is 17.1 Å². The highest BCUT2D eigenvalue weighted by Crippen LogP contribution is 2.17. The van der Waals surface area contributed by atoms with E-state index >= 15 is 0 Å². The summed E-state index contributed by atoms with van der Waals surface area (Å²) in [6.07, 6.45) is 1.70. The van der Waals surface area contributed by atoms with Crippen LogP contribution in [-0.4, -0.2) is 30.8 Å². The van der Waals surface area contributed by atoms with Crippen molar-refractivity contribution in [1.82, 2.24) is 10.6 Å². The van der Waals surface area contributed by atoms with Crippen LogP contribution in [0.5, 0.6) is 0 Å². The van der Waals surface area contributed by atoms with Crippen LogP contribution in [0.25, 0.3) is 0 Å². The van der Waals surface area contributed by atoms with E-state index in [9.17, 15) is 9.59 Å². The van der Waals surface area contributed by atoms with Crippen LogP contribution in [0.4, 0.5) is 10.5 Å². The molecule has 0 fully saturated rings. The van der Waals surface area contributed by atoms with E-state index in [-0.39, 0.29) is 18.5 Å². The van der Waals surface area contributed by atoms with Crippen LogP contribution in [0.2, 0.25) is 0 Å². The Morgan fingerprint density at radius 3 is 2.46 bits per heavy atom. The smallest absolute Gasteiger partial charge is 0.315 e. The second kappa shape index (κ2) is 11.2. The zero-order chi connectivity index (χ0) is 18.6. The second-order valence-electron chi connectivity index (χ2n) is 5.68. The normalized spacial score (nSPS) is 10.2. The third kappa shape index (κ3) is 7.19. The molecule has 2 rings (SSSR count).